The van der Waals surface area contributed by atoms with E-state index in [0.29, 0.717) is 16.3 Å². The highest BCUT2D eigenvalue weighted by Gasteiger charge is 2.18. The van der Waals surface area contributed by atoms with Crippen LogP contribution >= 0.6 is 11.3 Å². The van der Waals surface area contributed by atoms with Crippen LogP contribution in [0.1, 0.15) is 34.1 Å². The summed E-state index contributed by atoms with van der Waals surface area (Å²) in [5, 5.41) is 0. The van der Waals surface area contributed by atoms with E-state index in [1.165, 1.54) is 28.1 Å². The van der Waals surface area contributed by atoms with Crippen LogP contribution in [-0.4, -0.2) is 34.5 Å². The lowest BCUT2D eigenvalue weighted by atomic mass is 10.5. The molecule has 0 fully saturated rings. The molecule has 0 unspecified atom stereocenters. The summed E-state index contributed by atoms with van der Waals surface area (Å²) < 4.78 is 11.3. The van der Waals surface area contributed by atoms with E-state index < -0.39 is 11.9 Å². The number of carbonyl (C=O) groups is 2. The van der Waals surface area contributed by atoms with E-state index in [9.17, 15) is 9.59 Å². The van der Waals surface area contributed by atoms with Gasteiger partial charge in [-0.2, -0.15) is 0 Å². The largest absolute Gasteiger partial charge is 0.462 e. The minimum absolute atomic E-state index is 0.165. The van der Waals surface area contributed by atoms with Crippen molar-refractivity contribution in [3.63, 3.8) is 0 Å². The van der Waals surface area contributed by atoms with E-state index in [4.69, 9.17) is 9.47 Å². The molecular formula is C11H12N2O4S. The normalized spacial score (nSPS) is 10.6. The first-order valence-corrected chi connectivity index (χ1v) is 6.30. The lowest BCUT2D eigenvalue weighted by Crippen LogP contribution is -2.09. The zero-order valence-electron chi connectivity index (χ0n) is 10.0. The fourth-order valence-electron chi connectivity index (χ4n) is 1.44. The third kappa shape index (κ3) is 2.21. The summed E-state index contributed by atoms with van der Waals surface area (Å²) in [6.45, 7) is 4.06. The second-order valence-electron chi connectivity index (χ2n) is 3.33. The van der Waals surface area contributed by atoms with Crippen LogP contribution in [0.4, 0.5) is 0 Å². The number of thiazole rings is 1. The van der Waals surface area contributed by atoms with E-state index in [-0.39, 0.29) is 12.4 Å². The van der Waals surface area contributed by atoms with Crippen LogP contribution in [0.15, 0.2) is 12.4 Å². The molecule has 2 heterocycles. The molecule has 0 bridgehead atoms. The molecule has 0 saturated heterocycles. The van der Waals surface area contributed by atoms with Gasteiger partial charge in [0.05, 0.1) is 19.4 Å². The van der Waals surface area contributed by atoms with E-state index >= 15 is 0 Å². The Hall–Kier alpha value is -1.89. The van der Waals surface area contributed by atoms with Gasteiger partial charge < -0.3 is 9.47 Å². The highest BCUT2D eigenvalue weighted by Crippen LogP contribution is 2.20. The molecule has 18 heavy (non-hydrogen) atoms. The molecule has 96 valence electrons. The minimum atomic E-state index is -0.509. The van der Waals surface area contributed by atoms with Crippen molar-refractivity contribution in [3.8, 4) is 0 Å². The number of carbonyl (C=O) groups excluding carboxylic acids is 2. The number of hydrogen-bond acceptors (Lipinski definition) is 6. The SMILES string of the molecule is CCOC(=O)c1cn2c(C(=O)OCC)ncc2s1. The highest BCUT2D eigenvalue weighted by molar-refractivity contribution is 7.19. The van der Waals surface area contributed by atoms with Crippen molar-refractivity contribution in [3.05, 3.63) is 23.1 Å². The number of imidazole rings is 1. The van der Waals surface area contributed by atoms with Crippen molar-refractivity contribution in [1.29, 1.82) is 0 Å². The first-order chi connectivity index (χ1) is 8.67. The molecule has 6 nitrogen and oxygen atoms in total. The molecule has 0 spiro atoms. The summed E-state index contributed by atoms with van der Waals surface area (Å²) in [6, 6.07) is 0. The second-order valence-corrected chi connectivity index (χ2v) is 4.39. The van der Waals surface area contributed by atoms with Gasteiger partial charge in [0.2, 0.25) is 5.82 Å². The van der Waals surface area contributed by atoms with Gasteiger partial charge in [-0.1, -0.05) is 0 Å². The highest BCUT2D eigenvalue weighted by atomic mass is 32.1. The molecule has 0 aliphatic rings. The van der Waals surface area contributed by atoms with Crippen molar-refractivity contribution >= 4 is 28.1 Å². The molecule has 2 rings (SSSR count). The van der Waals surface area contributed by atoms with Crippen molar-refractivity contribution < 1.29 is 19.1 Å². The van der Waals surface area contributed by atoms with Gasteiger partial charge in [-0.3, -0.25) is 4.40 Å². The lowest BCUT2D eigenvalue weighted by molar-refractivity contribution is 0.0504. The summed E-state index contributed by atoms with van der Waals surface area (Å²) in [7, 11) is 0. The maximum absolute atomic E-state index is 11.6. The van der Waals surface area contributed by atoms with Crippen molar-refractivity contribution in [2.24, 2.45) is 0 Å². The number of ether oxygens (including phenoxy) is 2. The molecule has 0 aromatic carbocycles. The quantitative estimate of drug-likeness (QED) is 0.790. The van der Waals surface area contributed by atoms with Gasteiger partial charge in [0.15, 0.2) is 0 Å². The Morgan fingerprint density at radius 2 is 1.94 bits per heavy atom. The Bertz CT molecular complexity index is 587. The Morgan fingerprint density at radius 1 is 1.28 bits per heavy atom. The fraction of sp³-hybridized carbons (Fsp3) is 0.364. The Balaban J connectivity index is 2.35. The summed E-state index contributed by atoms with van der Waals surface area (Å²) >= 11 is 1.22. The number of rotatable bonds is 4. The van der Waals surface area contributed by atoms with E-state index in [2.05, 4.69) is 4.98 Å². The van der Waals surface area contributed by atoms with Gasteiger partial charge >= 0.3 is 11.9 Å². The van der Waals surface area contributed by atoms with Crippen molar-refractivity contribution in [1.82, 2.24) is 9.38 Å². The topological polar surface area (TPSA) is 69.9 Å². The second kappa shape index (κ2) is 5.18. The molecular weight excluding hydrogens is 256 g/mol. The zero-order chi connectivity index (χ0) is 13.1. The monoisotopic (exact) mass is 268 g/mol. The van der Waals surface area contributed by atoms with Crippen molar-refractivity contribution in [2.75, 3.05) is 13.2 Å². The van der Waals surface area contributed by atoms with E-state index in [1.807, 2.05) is 0 Å². The molecule has 2 aromatic heterocycles. The molecule has 0 radical (unpaired) electrons. The average molecular weight is 268 g/mol. The third-order valence-corrected chi connectivity index (χ3v) is 3.16. The van der Waals surface area contributed by atoms with Crippen LogP contribution < -0.4 is 0 Å². The van der Waals surface area contributed by atoms with Crippen LogP contribution in [-0.2, 0) is 9.47 Å². The standard InChI is InChI=1S/C11H12N2O4S/c1-3-16-10(14)7-6-13-8(18-7)5-12-9(13)11(15)17-4-2/h5-6H,3-4H2,1-2H3. The number of fused-ring (bicyclic) bond motifs is 1. The first kappa shape index (κ1) is 12.6. The van der Waals surface area contributed by atoms with Crippen LogP contribution in [0, 0.1) is 0 Å². The van der Waals surface area contributed by atoms with Gasteiger partial charge in [0.1, 0.15) is 9.71 Å². The predicted octanol–water partition coefficient (Wildman–Crippen LogP) is 1.75. The summed E-state index contributed by atoms with van der Waals surface area (Å²) in [5.74, 6) is -0.745. The van der Waals surface area contributed by atoms with Gasteiger partial charge in [-0.05, 0) is 13.8 Å². The molecule has 7 heteroatoms. The maximum Gasteiger partial charge on any atom is 0.374 e. The minimum Gasteiger partial charge on any atom is -0.462 e. The smallest absolute Gasteiger partial charge is 0.374 e. The van der Waals surface area contributed by atoms with Crippen LogP contribution in [0.2, 0.25) is 0 Å². The average Bonchev–Trinajstić information content (AvgIpc) is 2.88. The van der Waals surface area contributed by atoms with Crippen LogP contribution in [0.3, 0.4) is 0 Å². The maximum atomic E-state index is 11.6. The molecule has 0 amide bonds. The lowest BCUT2D eigenvalue weighted by Gasteiger charge is -1.98. The number of esters is 2. The number of nitrogens with zero attached hydrogens (tertiary/aromatic N) is 2. The van der Waals surface area contributed by atoms with Gasteiger partial charge in [-0.15, -0.1) is 11.3 Å². The third-order valence-electron chi connectivity index (χ3n) is 2.16. The van der Waals surface area contributed by atoms with Gasteiger partial charge in [-0.25, -0.2) is 14.6 Å². The predicted molar refractivity (Wildman–Crippen MR) is 65.0 cm³/mol. The summed E-state index contributed by atoms with van der Waals surface area (Å²) in [4.78, 5) is 28.3. The molecule has 0 aliphatic carbocycles. The Labute approximate surface area is 107 Å². The fourth-order valence-corrected chi connectivity index (χ4v) is 2.31. The molecule has 0 saturated carbocycles. The molecule has 2 aromatic rings. The number of hydrogen-bond donors (Lipinski definition) is 0. The summed E-state index contributed by atoms with van der Waals surface area (Å²) in [5.41, 5.74) is 0. The molecule has 0 atom stereocenters. The van der Waals surface area contributed by atoms with Crippen LogP contribution in [0.5, 0.6) is 0 Å². The van der Waals surface area contributed by atoms with E-state index in [0.717, 1.165) is 0 Å². The molecule has 0 aliphatic heterocycles. The van der Waals surface area contributed by atoms with Crippen LogP contribution in [0.25, 0.3) is 4.83 Å². The molecule has 0 N–H and O–H groups in total. The summed E-state index contributed by atoms with van der Waals surface area (Å²) in [6.07, 6.45) is 3.07. The van der Waals surface area contributed by atoms with Crippen molar-refractivity contribution in [2.45, 2.75) is 13.8 Å². The van der Waals surface area contributed by atoms with E-state index in [1.54, 1.807) is 13.8 Å². The zero-order valence-corrected chi connectivity index (χ0v) is 10.8. The van der Waals surface area contributed by atoms with Gasteiger partial charge in [0, 0.05) is 6.20 Å². The first-order valence-electron chi connectivity index (χ1n) is 5.48. The Morgan fingerprint density at radius 3 is 2.61 bits per heavy atom. The Kier molecular flexibility index (Phi) is 3.61. The number of aromatic nitrogens is 2. The van der Waals surface area contributed by atoms with Gasteiger partial charge in [0.25, 0.3) is 0 Å².